The first-order chi connectivity index (χ1) is 11.5. The van der Waals surface area contributed by atoms with E-state index in [2.05, 4.69) is 37.0 Å². The molecule has 1 aromatic rings. The van der Waals surface area contributed by atoms with Crippen LogP contribution in [0.5, 0.6) is 5.75 Å². The first-order valence-corrected chi connectivity index (χ1v) is 9.35. The van der Waals surface area contributed by atoms with E-state index in [0.29, 0.717) is 17.8 Å². The van der Waals surface area contributed by atoms with E-state index in [4.69, 9.17) is 4.74 Å². The van der Waals surface area contributed by atoms with Gasteiger partial charge in [0.2, 0.25) is 0 Å². The highest BCUT2D eigenvalue weighted by Crippen LogP contribution is 2.64. The zero-order chi connectivity index (χ0) is 16.9. The molecule has 0 amide bonds. The van der Waals surface area contributed by atoms with Gasteiger partial charge in [-0.15, -0.1) is 5.92 Å². The minimum absolute atomic E-state index is 0.0405. The van der Waals surface area contributed by atoms with Gasteiger partial charge >= 0.3 is 0 Å². The standard InChI is InChI=1S/C22H28O2/c1-4-11-22(23)13-10-20-19-7-5-15-14-16(24-3)6-8-17(15)18(19)9-12-21(20,22)2/h6,8,14,18-20,23H,5,7,9-10,12-13H2,1-3H3. The van der Waals surface area contributed by atoms with E-state index in [0.717, 1.165) is 31.4 Å². The monoisotopic (exact) mass is 324 g/mol. The zero-order valence-corrected chi connectivity index (χ0v) is 15.1. The summed E-state index contributed by atoms with van der Waals surface area (Å²) in [4.78, 5) is 0. The van der Waals surface area contributed by atoms with Crippen LogP contribution in [0.2, 0.25) is 0 Å². The van der Waals surface area contributed by atoms with E-state index in [1.54, 1.807) is 7.11 Å². The van der Waals surface area contributed by atoms with Gasteiger partial charge in [-0.3, -0.25) is 0 Å². The SMILES string of the molecule is CC#CC1(O)CCC2C3CCc4cc(OC)ccc4C3CCC21C. The van der Waals surface area contributed by atoms with Gasteiger partial charge in [-0.2, -0.15) is 0 Å². The first-order valence-electron chi connectivity index (χ1n) is 9.35. The van der Waals surface area contributed by atoms with Crippen LogP contribution in [-0.2, 0) is 6.42 Å². The maximum atomic E-state index is 11.2. The van der Waals surface area contributed by atoms with E-state index in [-0.39, 0.29) is 5.41 Å². The van der Waals surface area contributed by atoms with Crippen molar-refractivity contribution in [2.24, 2.45) is 17.3 Å². The van der Waals surface area contributed by atoms with Crippen molar-refractivity contribution >= 4 is 0 Å². The van der Waals surface area contributed by atoms with Crippen molar-refractivity contribution in [3.63, 3.8) is 0 Å². The van der Waals surface area contributed by atoms with Gasteiger partial charge in [-0.25, -0.2) is 0 Å². The summed E-state index contributed by atoms with van der Waals surface area (Å²) in [5, 5.41) is 11.2. The molecule has 0 bridgehead atoms. The van der Waals surface area contributed by atoms with Crippen molar-refractivity contribution in [3.8, 4) is 17.6 Å². The van der Waals surface area contributed by atoms with E-state index >= 15 is 0 Å². The molecule has 0 aliphatic heterocycles. The Morgan fingerprint density at radius 2 is 2.04 bits per heavy atom. The highest BCUT2D eigenvalue weighted by Gasteiger charge is 2.61. The lowest BCUT2D eigenvalue weighted by atomic mass is 9.53. The summed E-state index contributed by atoms with van der Waals surface area (Å²) in [6.45, 7) is 4.15. The average Bonchev–Trinajstić information content (AvgIpc) is 2.86. The second kappa shape index (κ2) is 5.53. The fraction of sp³-hybridized carbons (Fsp3) is 0.636. The molecule has 1 N–H and O–H groups in total. The van der Waals surface area contributed by atoms with Crippen molar-refractivity contribution in [2.45, 2.75) is 63.9 Å². The predicted octanol–water partition coefficient (Wildman–Crippen LogP) is 4.31. The maximum absolute atomic E-state index is 11.2. The molecule has 24 heavy (non-hydrogen) atoms. The Kier molecular flexibility index (Phi) is 3.69. The molecular formula is C22H28O2. The Labute approximate surface area is 145 Å². The fourth-order valence-electron chi connectivity index (χ4n) is 6.11. The number of aryl methyl sites for hydroxylation is 1. The minimum atomic E-state index is -0.780. The number of hydrogen-bond donors (Lipinski definition) is 1. The molecule has 2 saturated carbocycles. The molecule has 0 radical (unpaired) electrons. The van der Waals surface area contributed by atoms with E-state index in [1.165, 1.54) is 24.0 Å². The van der Waals surface area contributed by atoms with Crippen LogP contribution in [0, 0.1) is 29.1 Å². The Bertz CT molecular complexity index is 712. The van der Waals surface area contributed by atoms with Crippen LogP contribution < -0.4 is 4.74 Å². The van der Waals surface area contributed by atoms with Crippen LogP contribution in [0.1, 0.15) is 63.0 Å². The molecule has 3 aliphatic rings. The summed E-state index contributed by atoms with van der Waals surface area (Å²) < 4.78 is 5.41. The number of rotatable bonds is 1. The van der Waals surface area contributed by atoms with Crippen molar-refractivity contribution < 1.29 is 9.84 Å². The lowest BCUT2D eigenvalue weighted by molar-refractivity contribution is -0.0648. The Balaban J connectivity index is 1.69. The molecular weight excluding hydrogens is 296 g/mol. The second-order valence-electron chi connectivity index (χ2n) is 8.21. The summed E-state index contributed by atoms with van der Waals surface area (Å²) in [6.07, 6.45) is 6.58. The molecule has 2 nitrogen and oxygen atoms in total. The van der Waals surface area contributed by atoms with Gasteiger partial charge in [-0.1, -0.05) is 18.9 Å². The molecule has 0 aromatic heterocycles. The predicted molar refractivity (Wildman–Crippen MR) is 96.0 cm³/mol. The van der Waals surface area contributed by atoms with Crippen LogP contribution in [0.15, 0.2) is 18.2 Å². The minimum Gasteiger partial charge on any atom is -0.497 e. The van der Waals surface area contributed by atoms with Crippen molar-refractivity contribution in [1.29, 1.82) is 0 Å². The van der Waals surface area contributed by atoms with Crippen LogP contribution >= 0.6 is 0 Å². The third-order valence-corrected chi connectivity index (χ3v) is 7.42. The van der Waals surface area contributed by atoms with Crippen LogP contribution in [-0.4, -0.2) is 17.8 Å². The number of aliphatic hydroxyl groups is 1. The van der Waals surface area contributed by atoms with Crippen molar-refractivity contribution in [3.05, 3.63) is 29.3 Å². The van der Waals surface area contributed by atoms with Gasteiger partial charge in [0.25, 0.3) is 0 Å². The third-order valence-electron chi connectivity index (χ3n) is 7.42. The molecule has 0 heterocycles. The summed E-state index contributed by atoms with van der Waals surface area (Å²) >= 11 is 0. The molecule has 2 heteroatoms. The van der Waals surface area contributed by atoms with Gasteiger partial charge in [0.15, 0.2) is 0 Å². The third kappa shape index (κ3) is 2.07. The highest BCUT2D eigenvalue weighted by molar-refractivity contribution is 5.41. The summed E-state index contributed by atoms with van der Waals surface area (Å²) in [5.41, 5.74) is 2.19. The van der Waals surface area contributed by atoms with Crippen molar-refractivity contribution in [1.82, 2.24) is 0 Å². The molecule has 2 fully saturated rings. The first kappa shape index (κ1) is 16.0. The number of ether oxygens (including phenoxy) is 1. The summed E-state index contributed by atoms with van der Waals surface area (Å²) in [6, 6.07) is 6.64. The van der Waals surface area contributed by atoms with E-state index in [1.807, 2.05) is 6.92 Å². The quantitative estimate of drug-likeness (QED) is 0.780. The average molecular weight is 324 g/mol. The van der Waals surface area contributed by atoms with Crippen LogP contribution in [0.3, 0.4) is 0 Å². The lowest BCUT2D eigenvalue weighted by Gasteiger charge is -2.52. The van der Waals surface area contributed by atoms with Gasteiger partial charge in [0.05, 0.1) is 7.11 Å². The van der Waals surface area contributed by atoms with E-state index < -0.39 is 5.60 Å². The molecule has 0 spiro atoms. The Morgan fingerprint density at radius 3 is 2.79 bits per heavy atom. The lowest BCUT2D eigenvalue weighted by Crippen LogP contribution is -2.50. The smallest absolute Gasteiger partial charge is 0.131 e. The highest BCUT2D eigenvalue weighted by atomic mass is 16.5. The molecule has 0 saturated heterocycles. The Morgan fingerprint density at radius 1 is 1.21 bits per heavy atom. The van der Waals surface area contributed by atoms with Crippen molar-refractivity contribution in [2.75, 3.05) is 7.11 Å². The normalized spacial score (nSPS) is 39.9. The van der Waals surface area contributed by atoms with Gasteiger partial charge in [-0.05, 0) is 86.5 Å². The summed E-state index contributed by atoms with van der Waals surface area (Å²) in [5.74, 6) is 9.08. The molecule has 3 aliphatic carbocycles. The zero-order valence-electron chi connectivity index (χ0n) is 15.1. The molecule has 5 atom stereocenters. The largest absolute Gasteiger partial charge is 0.497 e. The van der Waals surface area contributed by atoms with Gasteiger partial charge < -0.3 is 9.84 Å². The molecule has 1 aromatic carbocycles. The molecule has 5 unspecified atom stereocenters. The summed E-state index contributed by atoms with van der Waals surface area (Å²) in [7, 11) is 1.74. The van der Waals surface area contributed by atoms with Crippen LogP contribution in [0.4, 0.5) is 0 Å². The van der Waals surface area contributed by atoms with Crippen LogP contribution in [0.25, 0.3) is 0 Å². The van der Waals surface area contributed by atoms with Gasteiger partial charge in [0, 0.05) is 5.41 Å². The van der Waals surface area contributed by atoms with Gasteiger partial charge in [0.1, 0.15) is 11.4 Å². The Hall–Kier alpha value is -1.46. The number of fused-ring (bicyclic) bond motifs is 5. The fourth-order valence-corrected chi connectivity index (χ4v) is 6.11. The maximum Gasteiger partial charge on any atom is 0.131 e. The second-order valence-corrected chi connectivity index (χ2v) is 8.21. The van der Waals surface area contributed by atoms with E-state index in [9.17, 15) is 5.11 Å². The number of hydrogen-bond acceptors (Lipinski definition) is 2. The number of benzene rings is 1. The molecule has 128 valence electrons. The molecule has 4 rings (SSSR count). The number of methoxy groups -OCH3 is 1. The topological polar surface area (TPSA) is 29.5 Å².